The number of methoxy groups -OCH3 is 1. The van der Waals surface area contributed by atoms with E-state index in [9.17, 15) is 4.39 Å². The van der Waals surface area contributed by atoms with Gasteiger partial charge in [-0.15, -0.1) is 15.3 Å². The van der Waals surface area contributed by atoms with Crippen molar-refractivity contribution in [2.75, 3.05) is 12.4 Å². The highest BCUT2D eigenvalue weighted by molar-refractivity contribution is 5.60. The smallest absolute Gasteiger partial charge is 0.188 e. The van der Waals surface area contributed by atoms with Gasteiger partial charge in [0.25, 0.3) is 0 Å². The Kier molecular flexibility index (Phi) is 4.98. The van der Waals surface area contributed by atoms with Crippen LogP contribution in [0.5, 0.6) is 5.75 Å². The monoisotopic (exact) mass is 429 g/mol. The molecular weight excluding hydrogens is 409 g/mol. The lowest BCUT2D eigenvalue weighted by atomic mass is 10.0. The van der Waals surface area contributed by atoms with Gasteiger partial charge in [-0.25, -0.2) is 9.37 Å². The molecule has 1 unspecified atom stereocenters. The number of rotatable bonds is 6. The first-order valence-corrected chi connectivity index (χ1v) is 9.99. The lowest BCUT2D eigenvalue weighted by Gasteiger charge is -2.21. The average Bonchev–Trinajstić information content (AvgIpc) is 3.43. The summed E-state index contributed by atoms with van der Waals surface area (Å²) in [6.07, 6.45) is 3.62. The summed E-state index contributed by atoms with van der Waals surface area (Å²) in [5.74, 6) is 2.00. The number of para-hydroxylation sites is 1. The highest BCUT2D eigenvalue weighted by atomic mass is 19.1. The van der Waals surface area contributed by atoms with E-state index in [0.717, 1.165) is 17.1 Å². The minimum absolute atomic E-state index is 0.326. The van der Waals surface area contributed by atoms with Gasteiger partial charge in [-0.05, 0) is 30.3 Å². The second-order valence-corrected chi connectivity index (χ2v) is 7.21. The fourth-order valence-electron chi connectivity index (χ4n) is 3.67. The molecule has 0 bridgehead atoms. The molecule has 3 aromatic heterocycles. The molecule has 2 aromatic carbocycles. The molecule has 0 aliphatic heterocycles. The molecule has 0 aliphatic rings. The van der Waals surface area contributed by atoms with Crippen molar-refractivity contribution in [3.8, 4) is 17.1 Å². The molecular formula is C23H20FN7O. The molecule has 0 amide bonds. The first-order valence-electron chi connectivity index (χ1n) is 9.99. The third kappa shape index (κ3) is 3.43. The van der Waals surface area contributed by atoms with Gasteiger partial charge in [-0.2, -0.15) is 4.52 Å². The van der Waals surface area contributed by atoms with Crippen molar-refractivity contribution in [2.45, 2.75) is 6.04 Å². The predicted molar refractivity (Wildman–Crippen MR) is 118 cm³/mol. The number of fused-ring (bicyclic) bond motifs is 1. The maximum absolute atomic E-state index is 14.4. The maximum atomic E-state index is 14.4. The summed E-state index contributed by atoms with van der Waals surface area (Å²) >= 11 is 0. The number of nitrogens with one attached hydrogen (secondary N) is 1. The third-order valence-electron chi connectivity index (χ3n) is 5.24. The van der Waals surface area contributed by atoms with Crippen LogP contribution in [0.1, 0.15) is 17.4 Å². The van der Waals surface area contributed by atoms with E-state index < -0.39 is 0 Å². The molecule has 32 heavy (non-hydrogen) atoms. The standard InChI is InChI=1S/C23H20FN7O/c1-30-14-13-25-23(30)21(16-8-4-6-10-18(16)32-2)26-19-11-12-20-27-28-22(31(20)29-19)15-7-3-5-9-17(15)24/h3-14,21H,1-2H3,(H,26,29). The Balaban J connectivity index is 1.60. The molecule has 1 N–H and O–H groups in total. The zero-order valence-corrected chi connectivity index (χ0v) is 17.5. The summed E-state index contributed by atoms with van der Waals surface area (Å²) in [6, 6.07) is 17.4. The van der Waals surface area contributed by atoms with Gasteiger partial charge in [0.2, 0.25) is 0 Å². The molecule has 1 atom stereocenters. The van der Waals surface area contributed by atoms with Crippen molar-refractivity contribution in [2.24, 2.45) is 7.05 Å². The Hall–Kier alpha value is -4.27. The van der Waals surface area contributed by atoms with Crippen LogP contribution in [0.4, 0.5) is 10.2 Å². The number of aromatic nitrogens is 6. The topological polar surface area (TPSA) is 82.2 Å². The Labute approximate surface area is 183 Å². The van der Waals surface area contributed by atoms with Gasteiger partial charge in [-0.3, -0.25) is 0 Å². The number of aryl methyl sites for hydroxylation is 1. The van der Waals surface area contributed by atoms with Crippen molar-refractivity contribution in [1.29, 1.82) is 0 Å². The van der Waals surface area contributed by atoms with Crippen LogP contribution >= 0.6 is 0 Å². The summed E-state index contributed by atoms with van der Waals surface area (Å²) in [4.78, 5) is 4.53. The summed E-state index contributed by atoms with van der Waals surface area (Å²) in [5.41, 5.74) is 1.75. The number of hydrogen-bond donors (Lipinski definition) is 1. The summed E-state index contributed by atoms with van der Waals surface area (Å²) in [5, 5.41) is 16.4. The van der Waals surface area contributed by atoms with Crippen LogP contribution < -0.4 is 10.1 Å². The molecule has 5 rings (SSSR count). The molecule has 0 radical (unpaired) electrons. The number of imidazole rings is 1. The van der Waals surface area contributed by atoms with Crippen molar-refractivity contribution in [3.05, 3.63) is 90.3 Å². The molecule has 3 heterocycles. The highest BCUT2D eigenvalue weighted by Gasteiger charge is 2.23. The van der Waals surface area contributed by atoms with Gasteiger partial charge in [0.1, 0.15) is 29.3 Å². The van der Waals surface area contributed by atoms with Crippen LogP contribution in [-0.2, 0) is 7.05 Å². The van der Waals surface area contributed by atoms with Crippen molar-refractivity contribution in [3.63, 3.8) is 0 Å². The highest BCUT2D eigenvalue weighted by Crippen LogP contribution is 2.32. The Morgan fingerprint density at radius 3 is 2.59 bits per heavy atom. The molecule has 5 aromatic rings. The lowest BCUT2D eigenvalue weighted by molar-refractivity contribution is 0.408. The van der Waals surface area contributed by atoms with Gasteiger partial charge in [-0.1, -0.05) is 30.3 Å². The van der Waals surface area contributed by atoms with Crippen LogP contribution in [0.2, 0.25) is 0 Å². The number of benzene rings is 2. The third-order valence-corrected chi connectivity index (χ3v) is 5.24. The molecule has 0 saturated carbocycles. The van der Waals surface area contributed by atoms with Crippen LogP contribution in [-0.4, -0.2) is 36.5 Å². The number of anilines is 1. The van der Waals surface area contributed by atoms with Gasteiger partial charge in [0, 0.05) is 25.0 Å². The summed E-state index contributed by atoms with van der Waals surface area (Å²) < 4.78 is 23.4. The molecule has 9 heteroatoms. The van der Waals surface area contributed by atoms with E-state index in [1.807, 2.05) is 42.1 Å². The summed E-state index contributed by atoms with van der Waals surface area (Å²) in [6.45, 7) is 0. The number of ether oxygens (including phenoxy) is 1. The zero-order chi connectivity index (χ0) is 22.1. The second-order valence-electron chi connectivity index (χ2n) is 7.21. The van der Waals surface area contributed by atoms with E-state index >= 15 is 0 Å². The van der Waals surface area contributed by atoms with E-state index in [2.05, 4.69) is 25.6 Å². The van der Waals surface area contributed by atoms with Crippen LogP contribution in [0.25, 0.3) is 17.0 Å². The molecule has 160 valence electrons. The number of nitrogens with zero attached hydrogens (tertiary/aromatic N) is 6. The normalized spacial score (nSPS) is 12.1. The van der Waals surface area contributed by atoms with Gasteiger partial charge < -0.3 is 14.6 Å². The van der Waals surface area contributed by atoms with Crippen LogP contribution in [0.15, 0.2) is 73.1 Å². The van der Waals surface area contributed by atoms with Gasteiger partial charge in [0.15, 0.2) is 11.5 Å². The Morgan fingerprint density at radius 2 is 1.81 bits per heavy atom. The van der Waals surface area contributed by atoms with Gasteiger partial charge in [0.05, 0.1) is 12.7 Å². The average molecular weight is 429 g/mol. The van der Waals surface area contributed by atoms with E-state index in [0.29, 0.717) is 22.9 Å². The van der Waals surface area contributed by atoms with E-state index in [1.165, 1.54) is 10.6 Å². The van der Waals surface area contributed by atoms with Crippen LogP contribution in [0, 0.1) is 5.82 Å². The van der Waals surface area contributed by atoms with Gasteiger partial charge >= 0.3 is 0 Å². The molecule has 0 spiro atoms. The molecule has 8 nitrogen and oxygen atoms in total. The zero-order valence-electron chi connectivity index (χ0n) is 17.5. The SMILES string of the molecule is COc1ccccc1C(Nc1ccc2nnc(-c3ccccc3F)n2n1)c1nccn1C. The Morgan fingerprint density at radius 1 is 1.00 bits per heavy atom. The second kappa shape index (κ2) is 8.10. The van der Waals surface area contributed by atoms with Crippen LogP contribution in [0.3, 0.4) is 0 Å². The van der Waals surface area contributed by atoms with Crippen molar-refractivity contribution < 1.29 is 9.13 Å². The first-order chi connectivity index (χ1) is 15.7. The first kappa shape index (κ1) is 19.7. The van der Waals surface area contributed by atoms with E-state index in [1.54, 1.807) is 43.6 Å². The fourth-order valence-corrected chi connectivity index (χ4v) is 3.67. The van der Waals surface area contributed by atoms with E-state index in [4.69, 9.17) is 4.74 Å². The predicted octanol–water partition coefficient (Wildman–Crippen LogP) is 3.87. The minimum atomic E-state index is -0.387. The molecule has 0 aliphatic carbocycles. The lowest BCUT2D eigenvalue weighted by Crippen LogP contribution is -2.18. The van der Waals surface area contributed by atoms with Crippen molar-refractivity contribution >= 4 is 11.5 Å². The maximum Gasteiger partial charge on any atom is 0.188 e. The summed E-state index contributed by atoms with van der Waals surface area (Å²) in [7, 11) is 3.57. The number of hydrogen-bond acceptors (Lipinski definition) is 6. The minimum Gasteiger partial charge on any atom is -0.496 e. The quantitative estimate of drug-likeness (QED) is 0.441. The fraction of sp³-hybridized carbons (Fsp3) is 0.130. The number of halogens is 1. The van der Waals surface area contributed by atoms with Crippen molar-refractivity contribution in [1.82, 2.24) is 29.4 Å². The van der Waals surface area contributed by atoms with E-state index in [-0.39, 0.29) is 11.9 Å². The molecule has 0 fully saturated rings. The molecule has 0 saturated heterocycles. The Bertz CT molecular complexity index is 1390. The largest absolute Gasteiger partial charge is 0.496 e.